The van der Waals surface area contributed by atoms with Crippen molar-refractivity contribution in [2.75, 3.05) is 5.75 Å². The van der Waals surface area contributed by atoms with Crippen LogP contribution in [0.2, 0.25) is 0 Å². The number of thioether (sulfide) groups is 1. The number of halogens is 1. The monoisotopic (exact) mass is 492 g/mol. The van der Waals surface area contributed by atoms with Gasteiger partial charge in [-0.3, -0.25) is 9.59 Å². The van der Waals surface area contributed by atoms with Crippen molar-refractivity contribution in [3.05, 3.63) is 102 Å². The second-order valence-corrected chi connectivity index (χ2v) is 9.75. The van der Waals surface area contributed by atoms with Crippen LogP contribution in [0.5, 0.6) is 0 Å². The molecule has 6 heteroatoms. The number of nitrogens with one attached hydrogen (secondary N) is 1. The summed E-state index contributed by atoms with van der Waals surface area (Å²) in [6, 6.07) is 25.1. The summed E-state index contributed by atoms with van der Waals surface area (Å²) in [5.41, 5.74) is 1.76. The van der Waals surface area contributed by atoms with Crippen molar-refractivity contribution in [1.29, 1.82) is 0 Å². The largest absolute Gasteiger partial charge is 0.352 e. The molecule has 0 radical (unpaired) electrons. The number of hydrogen-bond acceptors (Lipinski definition) is 3. The minimum Gasteiger partial charge on any atom is -0.352 e. The average Bonchev–Trinajstić information content (AvgIpc) is 2.88. The first-order chi connectivity index (χ1) is 17.0. The van der Waals surface area contributed by atoms with Crippen LogP contribution in [0, 0.1) is 5.82 Å². The van der Waals surface area contributed by atoms with Gasteiger partial charge < -0.3 is 10.2 Å². The molecule has 35 heavy (non-hydrogen) atoms. The Morgan fingerprint density at radius 2 is 1.54 bits per heavy atom. The Labute approximate surface area is 211 Å². The number of rotatable bonds is 12. The van der Waals surface area contributed by atoms with Crippen molar-refractivity contribution in [2.45, 2.75) is 56.6 Å². The van der Waals surface area contributed by atoms with Crippen molar-refractivity contribution in [2.24, 2.45) is 0 Å². The van der Waals surface area contributed by atoms with Crippen LogP contribution < -0.4 is 5.32 Å². The molecule has 2 atom stereocenters. The molecule has 0 aliphatic rings. The highest BCUT2D eigenvalue weighted by Gasteiger charge is 2.30. The van der Waals surface area contributed by atoms with Gasteiger partial charge in [0.15, 0.2) is 0 Å². The van der Waals surface area contributed by atoms with Gasteiger partial charge in [0.1, 0.15) is 11.9 Å². The number of carbonyl (C=O) groups is 2. The van der Waals surface area contributed by atoms with Crippen molar-refractivity contribution < 1.29 is 14.0 Å². The first kappa shape index (κ1) is 26.5. The summed E-state index contributed by atoms with van der Waals surface area (Å²) in [4.78, 5) is 29.7. The van der Waals surface area contributed by atoms with Gasteiger partial charge in [-0.05, 0) is 48.7 Å². The molecule has 4 nitrogen and oxygen atoms in total. The summed E-state index contributed by atoms with van der Waals surface area (Å²) >= 11 is 1.62. The maximum absolute atomic E-state index is 13.6. The fraction of sp³-hybridized carbons (Fsp3) is 0.310. The van der Waals surface area contributed by atoms with Crippen LogP contribution in [0.15, 0.2) is 89.8 Å². The summed E-state index contributed by atoms with van der Waals surface area (Å²) in [6.07, 6.45) is 1.49. The Bertz CT molecular complexity index is 1060. The first-order valence-corrected chi connectivity index (χ1v) is 13.0. The molecule has 0 heterocycles. The van der Waals surface area contributed by atoms with E-state index < -0.39 is 6.04 Å². The molecule has 3 aromatic rings. The van der Waals surface area contributed by atoms with Gasteiger partial charge in [0.2, 0.25) is 11.8 Å². The highest BCUT2D eigenvalue weighted by atomic mass is 32.2. The third-order valence-electron chi connectivity index (χ3n) is 5.87. The van der Waals surface area contributed by atoms with Crippen LogP contribution >= 0.6 is 11.8 Å². The highest BCUT2D eigenvalue weighted by Crippen LogP contribution is 2.21. The lowest BCUT2D eigenvalue weighted by Crippen LogP contribution is -2.52. The van der Waals surface area contributed by atoms with Crippen LogP contribution in [0.4, 0.5) is 4.39 Å². The maximum atomic E-state index is 13.6. The Balaban J connectivity index is 1.85. The fourth-order valence-electron chi connectivity index (χ4n) is 3.70. The number of benzene rings is 3. The summed E-state index contributed by atoms with van der Waals surface area (Å²) in [5, 5.41) is 3.06. The van der Waals surface area contributed by atoms with Crippen LogP contribution in [0.1, 0.15) is 37.8 Å². The molecule has 0 fully saturated rings. The molecule has 0 unspecified atom stereocenters. The quantitative estimate of drug-likeness (QED) is 0.322. The zero-order valence-electron chi connectivity index (χ0n) is 20.3. The maximum Gasteiger partial charge on any atom is 0.243 e. The predicted molar refractivity (Wildman–Crippen MR) is 141 cm³/mol. The average molecular weight is 493 g/mol. The molecule has 3 rings (SSSR count). The Kier molecular flexibility index (Phi) is 10.4. The van der Waals surface area contributed by atoms with Gasteiger partial charge in [-0.1, -0.05) is 67.6 Å². The normalized spacial score (nSPS) is 12.5. The van der Waals surface area contributed by atoms with Gasteiger partial charge in [-0.2, -0.15) is 0 Å². The molecular weight excluding hydrogens is 459 g/mol. The van der Waals surface area contributed by atoms with E-state index >= 15 is 0 Å². The third-order valence-corrected chi connectivity index (χ3v) is 6.88. The van der Waals surface area contributed by atoms with Gasteiger partial charge in [0, 0.05) is 36.1 Å². The lowest BCUT2D eigenvalue weighted by atomic mass is 10.0. The molecular formula is C29H33FN2O2S. The summed E-state index contributed by atoms with van der Waals surface area (Å²) < 4.78 is 13.5. The molecule has 0 bridgehead atoms. The van der Waals surface area contributed by atoms with E-state index in [2.05, 4.69) is 5.32 Å². The summed E-state index contributed by atoms with van der Waals surface area (Å²) in [5.74, 6) is 0.00182. The third kappa shape index (κ3) is 8.55. The van der Waals surface area contributed by atoms with Gasteiger partial charge in [0.05, 0.1) is 0 Å². The van der Waals surface area contributed by atoms with Crippen molar-refractivity contribution in [1.82, 2.24) is 10.2 Å². The summed E-state index contributed by atoms with van der Waals surface area (Å²) in [7, 11) is 0. The van der Waals surface area contributed by atoms with E-state index in [1.807, 2.05) is 74.5 Å². The highest BCUT2D eigenvalue weighted by molar-refractivity contribution is 7.99. The Morgan fingerprint density at radius 3 is 2.17 bits per heavy atom. The molecule has 184 valence electrons. The van der Waals surface area contributed by atoms with E-state index in [0.29, 0.717) is 18.6 Å². The minimum absolute atomic E-state index is 0.00261. The predicted octanol–water partition coefficient (Wildman–Crippen LogP) is 5.86. The molecule has 0 aromatic heterocycles. The van der Waals surface area contributed by atoms with E-state index in [-0.39, 0.29) is 30.2 Å². The van der Waals surface area contributed by atoms with E-state index in [0.717, 1.165) is 22.4 Å². The molecule has 0 aliphatic heterocycles. The zero-order chi connectivity index (χ0) is 25.0. The fourth-order valence-corrected chi connectivity index (χ4v) is 4.56. The van der Waals surface area contributed by atoms with E-state index in [1.54, 1.807) is 28.8 Å². The van der Waals surface area contributed by atoms with Crippen LogP contribution in [-0.4, -0.2) is 34.6 Å². The van der Waals surface area contributed by atoms with E-state index in [1.165, 1.54) is 12.1 Å². The second kappa shape index (κ2) is 13.7. The van der Waals surface area contributed by atoms with Gasteiger partial charge in [-0.25, -0.2) is 4.39 Å². The number of nitrogens with zero attached hydrogens (tertiary/aromatic N) is 1. The Hall–Kier alpha value is -3.12. The first-order valence-electron chi connectivity index (χ1n) is 12.0. The van der Waals surface area contributed by atoms with Crippen molar-refractivity contribution in [3.8, 4) is 0 Å². The molecule has 3 aromatic carbocycles. The SMILES string of the molecule is CC[C@@H](C)NC(=O)[C@H](Cc1ccccc1)N(Cc1ccc(F)cc1)C(=O)CCSc1ccccc1. The summed E-state index contributed by atoms with van der Waals surface area (Å²) in [6.45, 7) is 4.21. The second-order valence-electron chi connectivity index (χ2n) is 8.58. The molecule has 0 saturated heterocycles. The molecule has 1 N–H and O–H groups in total. The van der Waals surface area contributed by atoms with Gasteiger partial charge in [0.25, 0.3) is 0 Å². The topological polar surface area (TPSA) is 49.4 Å². The van der Waals surface area contributed by atoms with Gasteiger partial charge >= 0.3 is 0 Å². The van der Waals surface area contributed by atoms with E-state index in [4.69, 9.17) is 0 Å². The minimum atomic E-state index is -0.675. The molecule has 0 saturated carbocycles. The van der Waals surface area contributed by atoms with Crippen molar-refractivity contribution in [3.63, 3.8) is 0 Å². The number of hydrogen-bond donors (Lipinski definition) is 1. The standard InChI is InChI=1S/C29H33FN2O2S/c1-3-22(2)31-29(34)27(20-23-10-6-4-7-11-23)32(21-24-14-16-25(30)17-15-24)28(33)18-19-35-26-12-8-5-9-13-26/h4-17,22,27H,3,18-21H2,1-2H3,(H,31,34)/t22-,27+/m1/s1. The smallest absolute Gasteiger partial charge is 0.243 e. The van der Waals surface area contributed by atoms with Crippen LogP contribution in [0.25, 0.3) is 0 Å². The molecule has 0 aliphatic carbocycles. The number of amides is 2. The van der Waals surface area contributed by atoms with Crippen molar-refractivity contribution >= 4 is 23.6 Å². The van der Waals surface area contributed by atoms with Crippen LogP contribution in [-0.2, 0) is 22.6 Å². The van der Waals surface area contributed by atoms with Crippen LogP contribution in [0.3, 0.4) is 0 Å². The molecule has 2 amide bonds. The zero-order valence-corrected chi connectivity index (χ0v) is 21.1. The lowest BCUT2D eigenvalue weighted by molar-refractivity contribution is -0.141. The lowest BCUT2D eigenvalue weighted by Gasteiger charge is -2.32. The Morgan fingerprint density at radius 1 is 0.914 bits per heavy atom. The van der Waals surface area contributed by atoms with Gasteiger partial charge in [-0.15, -0.1) is 11.8 Å². The molecule has 0 spiro atoms. The van der Waals surface area contributed by atoms with E-state index in [9.17, 15) is 14.0 Å². The number of carbonyl (C=O) groups excluding carboxylic acids is 2.